The van der Waals surface area contributed by atoms with Crippen LogP contribution in [0.4, 0.5) is 0 Å². The normalized spacial score (nSPS) is 17.5. The minimum atomic E-state index is -0.194. The number of carbonyl (C=O) groups excluding carboxylic acids is 2. The van der Waals surface area contributed by atoms with Crippen LogP contribution in [0.25, 0.3) is 34.8 Å². The van der Waals surface area contributed by atoms with E-state index in [1.54, 1.807) is 11.3 Å². The number of thiophene rings is 4. The molecule has 0 radical (unpaired) electrons. The van der Waals surface area contributed by atoms with E-state index >= 15 is 0 Å². The Labute approximate surface area is 311 Å². The van der Waals surface area contributed by atoms with E-state index in [0.29, 0.717) is 0 Å². The van der Waals surface area contributed by atoms with Crippen LogP contribution in [0.1, 0.15) is 114 Å². The van der Waals surface area contributed by atoms with Crippen LogP contribution < -0.4 is 0 Å². The highest BCUT2D eigenvalue weighted by Crippen LogP contribution is 2.60. The molecular formula is C40H46O2S6. The fourth-order valence-corrected chi connectivity index (χ4v) is 14.8. The van der Waals surface area contributed by atoms with Gasteiger partial charge in [0.1, 0.15) is 0 Å². The van der Waals surface area contributed by atoms with Gasteiger partial charge >= 0.3 is 0 Å². The minimum Gasteiger partial charge on any atom is -0.281 e. The third-order valence-corrected chi connectivity index (χ3v) is 18.0. The smallest absolute Gasteiger partial charge is 0.226 e. The van der Waals surface area contributed by atoms with Gasteiger partial charge < -0.3 is 0 Å². The molecule has 0 aromatic carbocycles. The van der Waals surface area contributed by atoms with Crippen molar-refractivity contribution in [3.05, 3.63) is 72.7 Å². The van der Waals surface area contributed by atoms with E-state index in [1.807, 2.05) is 34.0 Å². The molecule has 0 N–H and O–H groups in total. The largest absolute Gasteiger partial charge is 0.281 e. The molecule has 2 aliphatic heterocycles. The molecule has 2 unspecified atom stereocenters. The van der Waals surface area contributed by atoms with Crippen molar-refractivity contribution in [1.29, 1.82) is 0 Å². The fraction of sp³-hybridized carbons (Fsp3) is 0.450. The van der Waals surface area contributed by atoms with Gasteiger partial charge in [0, 0.05) is 59.8 Å². The molecule has 48 heavy (non-hydrogen) atoms. The lowest BCUT2D eigenvalue weighted by Crippen LogP contribution is -2.22. The molecule has 0 saturated carbocycles. The lowest BCUT2D eigenvalue weighted by molar-refractivity contribution is -0.108. The molecule has 0 bridgehead atoms. The third kappa shape index (κ3) is 6.59. The number of fused-ring (bicyclic) bond motifs is 1. The van der Waals surface area contributed by atoms with E-state index in [1.165, 1.54) is 88.1 Å². The van der Waals surface area contributed by atoms with Crippen LogP contribution in [0, 0.1) is 19.3 Å². The predicted octanol–water partition coefficient (Wildman–Crippen LogP) is 14.5. The Morgan fingerprint density at radius 1 is 0.583 bits per heavy atom. The van der Waals surface area contributed by atoms with Gasteiger partial charge in [0.15, 0.2) is 0 Å². The van der Waals surface area contributed by atoms with Gasteiger partial charge in [-0.15, -0.1) is 45.3 Å². The molecule has 0 aliphatic carbocycles. The standard InChI is InChI=1S/C40H46O2S6/c1-9-13-14-20-40(8,12-4)32-36-35(47-38(32)42)31(37(41)48-36)29-21-23(5)33(45-29)27-17-15-25(43-27)26-16-18-28(44-26)34-24(6)22-30(46-34)39(7,11-3)19-10-2/h15-18,21-22H,9-14,19-20H2,1-8H3. The molecule has 4 aromatic rings. The first-order chi connectivity index (χ1) is 23.0. The fourth-order valence-electron chi connectivity index (χ4n) is 6.96. The molecule has 6 heterocycles. The first kappa shape index (κ1) is 36.1. The number of hydrogen-bond acceptors (Lipinski definition) is 8. The van der Waals surface area contributed by atoms with Gasteiger partial charge in [0.05, 0.1) is 5.57 Å². The van der Waals surface area contributed by atoms with Crippen molar-refractivity contribution in [3.63, 3.8) is 0 Å². The number of aryl methyl sites for hydroxylation is 2. The van der Waals surface area contributed by atoms with Crippen LogP contribution in [0.15, 0.2) is 51.8 Å². The van der Waals surface area contributed by atoms with Crippen molar-refractivity contribution in [3.8, 4) is 29.3 Å². The summed E-state index contributed by atoms with van der Waals surface area (Å²) in [6, 6.07) is 13.6. The first-order valence-corrected chi connectivity index (χ1v) is 22.2. The maximum absolute atomic E-state index is 13.6. The topological polar surface area (TPSA) is 34.1 Å². The monoisotopic (exact) mass is 750 g/mol. The zero-order chi connectivity index (χ0) is 34.4. The average Bonchev–Trinajstić information content (AvgIpc) is 3.90. The zero-order valence-electron chi connectivity index (χ0n) is 29.4. The zero-order valence-corrected chi connectivity index (χ0v) is 34.3. The Hall–Kier alpha value is -1.68. The summed E-state index contributed by atoms with van der Waals surface area (Å²) in [5.74, 6) is 0. The molecule has 0 amide bonds. The summed E-state index contributed by atoms with van der Waals surface area (Å²) in [5.41, 5.74) is 4.23. The van der Waals surface area contributed by atoms with Crippen LogP contribution in [0.2, 0.25) is 0 Å². The number of unbranched alkanes of at least 4 members (excludes halogenated alkanes) is 2. The van der Waals surface area contributed by atoms with E-state index in [9.17, 15) is 9.59 Å². The molecule has 2 aliphatic rings. The summed E-state index contributed by atoms with van der Waals surface area (Å²) >= 11 is 9.97. The molecule has 0 spiro atoms. The Bertz CT molecular complexity index is 1920. The minimum absolute atomic E-state index is 0.0799. The molecule has 8 heteroatoms. The first-order valence-electron chi connectivity index (χ1n) is 17.3. The lowest BCUT2D eigenvalue weighted by Gasteiger charge is -2.29. The summed E-state index contributed by atoms with van der Waals surface area (Å²) < 4.78 is 0. The number of rotatable bonds is 14. The van der Waals surface area contributed by atoms with Crippen molar-refractivity contribution in [1.82, 2.24) is 0 Å². The highest BCUT2D eigenvalue weighted by atomic mass is 32.2. The molecule has 4 aromatic heterocycles. The predicted molar refractivity (Wildman–Crippen MR) is 218 cm³/mol. The Balaban J connectivity index is 1.28. The van der Waals surface area contributed by atoms with E-state index < -0.39 is 0 Å². The summed E-state index contributed by atoms with van der Waals surface area (Å²) in [4.78, 5) is 39.1. The van der Waals surface area contributed by atoms with Crippen molar-refractivity contribution in [2.45, 2.75) is 112 Å². The van der Waals surface area contributed by atoms with Crippen LogP contribution in [-0.4, -0.2) is 10.2 Å². The maximum atomic E-state index is 13.6. The van der Waals surface area contributed by atoms with E-state index in [0.717, 1.165) is 57.9 Å². The van der Waals surface area contributed by atoms with Crippen LogP contribution in [0.3, 0.4) is 0 Å². The quantitative estimate of drug-likeness (QED) is 0.120. The Morgan fingerprint density at radius 2 is 1.17 bits per heavy atom. The van der Waals surface area contributed by atoms with E-state index in [-0.39, 0.29) is 21.1 Å². The van der Waals surface area contributed by atoms with E-state index in [4.69, 9.17) is 0 Å². The van der Waals surface area contributed by atoms with Gasteiger partial charge in [-0.1, -0.05) is 67.2 Å². The van der Waals surface area contributed by atoms with Gasteiger partial charge in [-0.25, -0.2) is 0 Å². The molecule has 2 nitrogen and oxygen atoms in total. The highest BCUT2D eigenvalue weighted by Gasteiger charge is 2.46. The number of thioether (sulfide) groups is 2. The summed E-state index contributed by atoms with van der Waals surface area (Å²) in [5, 5.41) is 0.218. The van der Waals surface area contributed by atoms with Crippen LogP contribution in [0.5, 0.6) is 0 Å². The van der Waals surface area contributed by atoms with Gasteiger partial charge in [-0.2, -0.15) is 0 Å². The second-order valence-corrected chi connectivity index (χ2v) is 20.0. The third-order valence-electron chi connectivity index (χ3n) is 10.3. The van der Waals surface area contributed by atoms with Crippen molar-refractivity contribution >= 4 is 84.7 Å². The molecule has 0 fully saturated rings. The highest BCUT2D eigenvalue weighted by molar-refractivity contribution is 8.25. The average molecular weight is 751 g/mol. The van der Waals surface area contributed by atoms with Crippen molar-refractivity contribution in [2.75, 3.05) is 0 Å². The number of carbonyl (C=O) groups is 2. The molecular weight excluding hydrogens is 705 g/mol. The summed E-state index contributed by atoms with van der Waals surface area (Å²) in [6.45, 7) is 18.1. The van der Waals surface area contributed by atoms with Gasteiger partial charge in [-0.05, 0) is 116 Å². The molecule has 254 valence electrons. The molecule has 6 rings (SSSR count). The second kappa shape index (κ2) is 14.5. The van der Waals surface area contributed by atoms with Crippen LogP contribution >= 0.6 is 68.9 Å². The summed E-state index contributed by atoms with van der Waals surface area (Å²) in [7, 11) is 0. The summed E-state index contributed by atoms with van der Waals surface area (Å²) in [6.07, 6.45) is 8.91. The SMILES string of the molecule is CCCCCC(C)(CC)C1=C2SC(=O)C(c3cc(C)c(-c4ccc(-c5ccc(-c6sc(C(C)(CC)CCC)cc6C)s5)s4)s3)=C2SC1=O. The molecule has 0 saturated heterocycles. The van der Waals surface area contributed by atoms with Gasteiger partial charge in [0.2, 0.25) is 10.2 Å². The Kier molecular flexibility index (Phi) is 10.9. The van der Waals surface area contributed by atoms with E-state index in [2.05, 4.69) is 91.8 Å². The molecule has 2 atom stereocenters. The van der Waals surface area contributed by atoms with Crippen molar-refractivity contribution < 1.29 is 9.59 Å². The maximum Gasteiger partial charge on any atom is 0.226 e. The van der Waals surface area contributed by atoms with Crippen LogP contribution in [-0.2, 0) is 15.0 Å². The Morgan fingerprint density at radius 3 is 1.77 bits per heavy atom. The van der Waals surface area contributed by atoms with Crippen molar-refractivity contribution in [2.24, 2.45) is 5.41 Å². The number of hydrogen-bond donors (Lipinski definition) is 0. The second-order valence-electron chi connectivity index (χ2n) is 13.8. The lowest BCUT2D eigenvalue weighted by atomic mass is 9.75. The van der Waals surface area contributed by atoms with Gasteiger partial charge in [0.25, 0.3) is 0 Å². The van der Waals surface area contributed by atoms with Gasteiger partial charge in [-0.3, -0.25) is 9.59 Å².